The Bertz CT molecular complexity index is 3160. The van der Waals surface area contributed by atoms with E-state index in [1.165, 1.54) is 27.1 Å². The molecule has 0 spiro atoms. The molecule has 11 aromatic rings. The maximum Gasteiger partial charge on any atom is 0.164 e. The summed E-state index contributed by atoms with van der Waals surface area (Å²) in [6.07, 6.45) is 1.85. The second-order valence-corrected chi connectivity index (χ2v) is 13.9. The highest BCUT2D eigenvalue weighted by Crippen LogP contribution is 2.38. The van der Waals surface area contributed by atoms with Crippen molar-refractivity contribution in [1.29, 1.82) is 0 Å². The Balaban J connectivity index is 1.03. The normalized spacial score (nSPS) is 11.6. The van der Waals surface area contributed by atoms with Gasteiger partial charge in [-0.15, -0.1) is 0 Å². The molecule has 56 heavy (non-hydrogen) atoms. The van der Waals surface area contributed by atoms with Crippen molar-refractivity contribution >= 4 is 43.6 Å². The minimum Gasteiger partial charge on any atom is -0.309 e. The van der Waals surface area contributed by atoms with Gasteiger partial charge in [-0.05, 0) is 78.9 Å². The van der Waals surface area contributed by atoms with E-state index in [0.717, 1.165) is 55.9 Å². The van der Waals surface area contributed by atoms with Gasteiger partial charge in [-0.1, -0.05) is 109 Å². The van der Waals surface area contributed by atoms with Crippen LogP contribution in [0.4, 0.5) is 0 Å². The van der Waals surface area contributed by atoms with Gasteiger partial charge in [-0.2, -0.15) is 0 Å². The highest BCUT2D eigenvalue weighted by atomic mass is 15.0. The molecule has 0 radical (unpaired) electrons. The molecule has 0 N–H and O–H groups in total. The van der Waals surface area contributed by atoms with Crippen LogP contribution in [0.15, 0.2) is 194 Å². The number of fused-ring (bicyclic) bond motifs is 6. The highest BCUT2D eigenvalue weighted by Gasteiger charge is 2.18. The molecular weight excluding hydrogens is 685 g/mol. The van der Waals surface area contributed by atoms with Gasteiger partial charge in [-0.25, -0.2) is 15.0 Å². The molecule has 0 atom stereocenters. The third kappa shape index (κ3) is 5.27. The molecular formula is C50H32N6. The first-order valence-corrected chi connectivity index (χ1v) is 18.7. The molecule has 0 unspecified atom stereocenters. The molecule has 0 bridgehead atoms. The predicted octanol–water partition coefficient (Wildman–Crippen LogP) is 12.1. The van der Waals surface area contributed by atoms with Gasteiger partial charge in [0.05, 0.1) is 27.8 Å². The lowest BCUT2D eigenvalue weighted by atomic mass is 10.1. The number of para-hydroxylation sites is 2. The zero-order valence-corrected chi connectivity index (χ0v) is 30.2. The van der Waals surface area contributed by atoms with Crippen molar-refractivity contribution in [3.05, 3.63) is 194 Å². The van der Waals surface area contributed by atoms with Crippen molar-refractivity contribution in [1.82, 2.24) is 29.1 Å². The van der Waals surface area contributed by atoms with Crippen LogP contribution < -0.4 is 0 Å². The molecule has 0 aliphatic rings. The van der Waals surface area contributed by atoms with Crippen molar-refractivity contribution in [2.45, 2.75) is 0 Å². The van der Waals surface area contributed by atoms with Crippen LogP contribution in [0.25, 0.3) is 100 Å². The smallest absolute Gasteiger partial charge is 0.164 e. The summed E-state index contributed by atoms with van der Waals surface area (Å²) in [4.78, 5) is 19.4. The van der Waals surface area contributed by atoms with Crippen LogP contribution >= 0.6 is 0 Å². The predicted molar refractivity (Wildman–Crippen MR) is 228 cm³/mol. The van der Waals surface area contributed by atoms with E-state index >= 15 is 0 Å². The van der Waals surface area contributed by atoms with Crippen LogP contribution in [0.5, 0.6) is 0 Å². The molecule has 4 heterocycles. The fourth-order valence-electron chi connectivity index (χ4n) is 8.02. The Morgan fingerprint density at radius 1 is 0.304 bits per heavy atom. The SMILES string of the molecule is c1ccc(-c2nc(-c3ccccc3)nc(-c3ccc(-n4c5ccccc5c5cc(-n6c7ccccc7c7cc(-c8ccccn8)ccc76)ccc54)cc3)n2)cc1. The summed E-state index contributed by atoms with van der Waals surface area (Å²) in [6.45, 7) is 0. The standard InChI is InChI=1S/C50H32N6/c1-3-13-33(14-4-1)48-52-49(34-15-5-2-6-16-34)54-50(53-48)35-22-25-37(26-23-35)55-44-20-9-8-18-40(44)42-32-38(27-29-47(42)55)56-45-21-10-7-17-39(45)41-31-36(24-28-46(41)56)43-19-11-12-30-51-43/h1-32H. The van der Waals surface area contributed by atoms with Gasteiger partial charge < -0.3 is 9.13 Å². The second-order valence-electron chi connectivity index (χ2n) is 13.9. The van der Waals surface area contributed by atoms with Crippen LogP contribution in [-0.4, -0.2) is 29.1 Å². The highest BCUT2D eigenvalue weighted by molar-refractivity contribution is 6.12. The molecule has 0 amide bonds. The first kappa shape index (κ1) is 31.8. The van der Waals surface area contributed by atoms with E-state index in [-0.39, 0.29) is 0 Å². The van der Waals surface area contributed by atoms with Crippen LogP contribution in [0.2, 0.25) is 0 Å². The molecule has 262 valence electrons. The monoisotopic (exact) mass is 716 g/mol. The largest absolute Gasteiger partial charge is 0.309 e. The van der Waals surface area contributed by atoms with E-state index in [0.29, 0.717) is 17.5 Å². The summed E-state index contributed by atoms with van der Waals surface area (Å²) >= 11 is 0. The molecule has 0 saturated carbocycles. The van der Waals surface area contributed by atoms with Gasteiger partial charge in [0.15, 0.2) is 17.5 Å². The number of hydrogen-bond acceptors (Lipinski definition) is 4. The van der Waals surface area contributed by atoms with E-state index in [4.69, 9.17) is 15.0 Å². The summed E-state index contributed by atoms with van der Waals surface area (Å²) in [6, 6.07) is 65.6. The lowest BCUT2D eigenvalue weighted by Crippen LogP contribution is -2.00. The van der Waals surface area contributed by atoms with Crippen molar-refractivity contribution in [2.75, 3.05) is 0 Å². The molecule has 7 aromatic carbocycles. The summed E-state index contributed by atoms with van der Waals surface area (Å²) in [5.41, 5.74) is 11.7. The van der Waals surface area contributed by atoms with Gasteiger partial charge in [-0.3, -0.25) is 4.98 Å². The minimum atomic E-state index is 0.634. The summed E-state index contributed by atoms with van der Waals surface area (Å²) in [7, 11) is 0. The second kappa shape index (κ2) is 13.0. The molecule has 0 aliphatic carbocycles. The zero-order chi connectivity index (χ0) is 37.0. The Morgan fingerprint density at radius 3 is 1.34 bits per heavy atom. The maximum atomic E-state index is 4.95. The van der Waals surface area contributed by atoms with E-state index in [1.54, 1.807) is 0 Å². The van der Waals surface area contributed by atoms with Crippen molar-refractivity contribution in [3.8, 4) is 56.8 Å². The fraction of sp³-hybridized carbons (Fsp3) is 0. The molecule has 11 rings (SSSR count). The molecule has 4 aromatic heterocycles. The Labute approximate surface area is 322 Å². The van der Waals surface area contributed by atoms with Gasteiger partial charge in [0.2, 0.25) is 0 Å². The van der Waals surface area contributed by atoms with E-state index in [1.807, 2.05) is 79.0 Å². The molecule has 0 fully saturated rings. The lowest BCUT2D eigenvalue weighted by molar-refractivity contribution is 1.07. The van der Waals surface area contributed by atoms with E-state index in [9.17, 15) is 0 Å². The third-order valence-corrected chi connectivity index (χ3v) is 10.6. The van der Waals surface area contributed by atoms with Gasteiger partial charge in [0.1, 0.15) is 0 Å². The minimum absolute atomic E-state index is 0.634. The summed E-state index contributed by atoms with van der Waals surface area (Å²) in [5, 5.41) is 4.81. The summed E-state index contributed by atoms with van der Waals surface area (Å²) < 4.78 is 4.73. The van der Waals surface area contributed by atoms with Crippen molar-refractivity contribution in [2.24, 2.45) is 0 Å². The number of pyridine rings is 1. The molecule has 0 saturated heterocycles. The van der Waals surface area contributed by atoms with E-state index < -0.39 is 0 Å². The number of benzene rings is 7. The average Bonchev–Trinajstić information content (AvgIpc) is 3.79. The number of hydrogen-bond donors (Lipinski definition) is 0. The number of nitrogens with zero attached hydrogens (tertiary/aromatic N) is 6. The zero-order valence-electron chi connectivity index (χ0n) is 30.2. The van der Waals surface area contributed by atoms with Gasteiger partial charge in [0, 0.05) is 61.4 Å². The molecule has 6 heteroatoms. The number of aromatic nitrogens is 6. The van der Waals surface area contributed by atoms with Crippen molar-refractivity contribution in [3.63, 3.8) is 0 Å². The van der Waals surface area contributed by atoms with Crippen LogP contribution in [0, 0.1) is 0 Å². The third-order valence-electron chi connectivity index (χ3n) is 10.6. The first-order chi connectivity index (χ1) is 27.8. The van der Waals surface area contributed by atoms with Gasteiger partial charge in [0.25, 0.3) is 0 Å². The quantitative estimate of drug-likeness (QED) is 0.172. The average molecular weight is 717 g/mol. The first-order valence-electron chi connectivity index (χ1n) is 18.7. The van der Waals surface area contributed by atoms with E-state index in [2.05, 4.69) is 129 Å². The fourth-order valence-corrected chi connectivity index (χ4v) is 8.02. The lowest BCUT2D eigenvalue weighted by Gasteiger charge is -2.12. The maximum absolute atomic E-state index is 4.95. The Kier molecular flexibility index (Phi) is 7.38. The Hall–Kier alpha value is -7.70. The van der Waals surface area contributed by atoms with Gasteiger partial charge >= 0.3 is 0 Å². The Morgan fingerprint density at radius 2 is 0.750 bits per heavy atom. The molecule has 0 aliphatic heterocycles. The topological polar surface area (TPSA) is 61.4 Å². The number of rotatable bonds is 6. The van der Waals surface area contributed by atoms with Crippen molar-refractivity contribution < 1.29 is 0 Å². The summed E-state index contributed by atoms with van der Waals surface area (Å²) in [5.74, 6) is 1.93. The molecule has 6 nitrogen and oxygen atoms in total. The van der Waals surface area contributed by atoms with Crippen LogP contribution in [-0.2, 0) is 0 Å². The van der Waals surface area contributed by atoms with Crippen LogP contribution in [0.1, 0.15) is 0 Å². The van der Waals surface area contributed by atoms with Crippen LogP contribution in [0.3, 0.4) is 0 Å².